The van der Waals surface area contributed by atoms with Crippen LogP contribution in [0.5, 0.6) is 0 Å². The second-order valence-electron chi connectivity index (χ2n) is 4.25. The molecule has 3 aliphatic rings. The average Bonchev–Trinajstić information content (AvgIpc) is 2.60. The van der Waals surface area contributed by atoms with Gasteiger partial charge in [-0.15, -0.1) is 0 Å². The number of fused-ring (bicyclic) bond motifs is 4. The third kappa shape index (κ3) is 1.35. The van der Waals surface area contributed by atoms with Gasteiger partial charge in [0.25, 0.3) is 0 Å². The fraction of sp³-hybridized carbons (Fsp3) is 0.700. The van der Waals surface area contributed by atoms with Gasteiger partial charge in [-0.2, -0.15) is 5.10 Å². The number of rotatable bonds is 1. The van der Waals surface area contributed by atoms with E-state index in [-0.39, 0.29) is 0 Å². The number of nitrogens with zero attached hydrogens (tertiary/aromatic N) is 2. The van der Waals surface area contributed by atoms with Crippen LogP contribution in [-0.4, -0.2) is 40.8 Å². The van der Waals surface area contributed by atoms with Crippen LogP contribution in [0, 0.1) is 0 Å². The van der Waals surface area contributed by atoms with E-state index < -0.39 is 0 Å². The Morgan fingerprint density at radius 1 is 1.36 bits per heavy atom. The van der Waals surface area contributed by atoms with Gasteiger partial charge in [0.2, 0.25) is 0 Å². The summed E-state index contributed by atoms with van der Waals surface area (Å²) in [5, 5.41) is 10.7. The van der Waals surface area contributed by atoms with E-state index in [1.54, 1.807) is 0 Å². The second-order valence-corrected chi connectivity index (χ2v) is 4.25. The first-order valence-electron chi connectivity index (χ1n) is 5.40. The molecule has 76 valence electrons. The first-order valence-corrected chi connectivity index (χ1v) is 5.40. The van der Waals surface area contributed by atoms with Gasteiger partial charge in [0.1, 0.15) is 0 Å². The highest BCUT2D eigenvalue weighted by Gasteiger charge is 2.30. The van der Waals surface area contributed by atoms with E-state index in [1.165, 1.54) is 31.6 Å². The number of aromatic nitrogens is 2. The average molecular weight is 192 g/mol. The highest BCUT2D eigenvalue weighted by atomic mass is 15.2. The van der Waals surface area contributed by atoms with Crippen LogP contribution in [0.2, 0.25) is 0 Å². The zero-order valence-electron chi connectivity index (χ0n) is 8.24. The van der Waals surface area contributed by atoms with E-state index in [9.17, 15) is 0 Å². The van der Waals surface area contributed by atoms with Crippen LogP contribution in [0.25, 0.3) is 0 Å². The Kier molecular flexibility index (Phi) is 2.03. The van der Waals surface area contributed by atoms with Gasteiger partial charge in [-0.25, -0.2) is 0 Å². The smallest absolute Gasteiger partial charge is 0.0641 e. The van der Waals surface area contributed by atoms with E-state index in [0.717, 1.165) is 12.6 Å². The van der Waals surface area contributed by atoms with Crippen molar-refractivity contribution in [3.05, 3.63) is 18.0 Å². The maximum Gasteiger partial charge on any atom is 0.0641 e. The highest BCUT2D eigenvalue weighted by Crippen LogP contribution is 2.26. The van der Waals surface area contributed by atoms with Gasteiger partial charge in [0, 0.05) is 31.9 Å². The number of piperidine rings is 1. The summed E-state index contributed by atoms with van der Waals surface area (Å²) in [5.41, 5.74) is 1.25. The second kappa shape index (κ2) is 3.37. The molecule has 0 saturated carbocycles. The maximum absolute atomic E-state index is 4.03. The number of hydrogen-bond donors (Lipinski definition) is 2. The molecular formula is C10H16N4. The summed E-state index contributed by atoms with van der Waals surface area (Å²) >= 11 is 0. The van der Waals surface area contributed by atoms with Crippen molar-refractivity contribution in [1.29, 1.82) is 0 Å². The normalized spacial score (nSPS) is 37.0. The molecule has 1 unspecified atom stereocenters. The Hall–Kier alpha value is -0.870. The third-order valence-electron chi connectivity index (χ3n) is 3.45. The first kappa shape index (κ1) is 8.44. The molecule has 0 amide bonds. The number of nitrogens with one attached hydrogen (secondary N) is 2. The van der Waals surface area contributed by atoms with Crippen LogP contribution in [0.3, 0.4) is 0 Å². The van der Waals surface area contributed by atoms with Gasteiger partial charge < -0.3 is 5.32 Å². The fourth-order valence-electron chi connectivity index (χ4n) is 2.58. The molecule has 1 aromatic heterocycles. The van der Waals surface area contributed by atoms with E-state index in [2.05, 4.69) is 26.5 Å². The molecule has 0 aromatic carbocycles. The monoisotopic (exact) mass is 192 g/mol. The van der Waals surface area contributed by atoms with Crippen LogP contribution in [0.1, 0.15) is 24.6 Å². The predicted octanol–water partition coefficient (Wildman–Crippen LogP) is 0.518. The Bertz CT molecular complexity index is 287. The lowest BCUT2D eigenvalue weighted by molar-refractivity contribution is 0.186. The zero-order chi connectivity index (χ0) is 9.38. The van der Waals surface area contributed by atoms with Gasteiger partial charge in [-0.3, -0.25) is 10.00 Å². The molecule has 4 heterocycles. The van der Waals surface area contributed by atoms with Crippen molar-refractivity contribution in [3.8, 4) is 0 Å². The molecule has 2 N–H and O–H groups in total. The van der Waals surface area contributed by atoms with Gasteiger partial charge in [-0.1, -0.05) is 0 Å². The largest absolute Gasteiger partial charge is 0.312 e. The topological polar surface area (TPSA) is 44.0 Å². The van der Waals surface area contributed by atoms with Gasteiger partial charge >= 0.3 is 0 Å². The minimum Gasteiger partial charge on any atom is -0.312 e. The molecule has 3 saturated heterocycles. The molecule has 0 radical (unpaired) electrons. The van der Waals surface area contributed by atoms with Crippen molar-refractivity contribution in [1.82, 2.24) is 20.4 Å². The van der Waals surface area contributed by atoms with E-state index in [4.69, 9.17) is 0 Å². The van der Waals surface area contributed by atoms with Crippen LogP contribution in [0.15, 0.2) is 12.3 Å². The van der Waals surface area contributed by atoms with Crippen LogP contribution in [-0.2, 0) is 0 Å². The molecule has 0 aliphatic carbocycles. The van der Waals surface area contributed by atoms with Crippen molar-refractivity contribution < 1.29 is 0 Å². The molecule has 1 atom stereocenters. The maximum atomic E-state index is 4.03. The van der Waals surface area contributed by atoms with Crippen LogP contribution < -0.4 is 5.32 Å². The molecule has 1 aromatic rings. The third-order valence-corrected chi connectivity index (χ3v) is 3.45. The summed E-state index contributed by atoms with van der Waals surface area (Å²) in [4.78, 5) is 2.56. The molecule has 14 heavy (non-hydrogen) atoms. The number of H-pyrrole nitrogens is 1. The van der Waals surface area contributed by atoms with E-state index in [1.807, 2.05) is 6.20 Å². The van der Waals surface area contributed by atoms with Gasteiger partial charge in [0.15, 0.2) is 0 Å². The Labute approximate surface area is 83.7 Å². The Morgan fingerprint density at radius 2 is 2.21 bits per heavy atom. The molecule has 4 heteroatoms. The number of hydrogen-bond acceptors (Lipinski definition) is 3. The molecule has 4 nitrogen and oxygen atoms in total. The van der Waals surface area contributed by atoms with E-state index >= 15 is 0 Å². The molecular weight excluding hydrogens is 176 g/mol. The molecule has 4 rings (SSSR count). The summed E-state index contributed by atoms with van der Waals surface area (Å²) in [6.07, 6.45) is 4.43. The van der Waals surface area contributed by atoms with Gasteiger partial charge in [-0.05, 0) is 18.9 Å². The Balaban J connectivity index is 1.85. The Morgan fingerprint density at radius 3 is 2.93 bits per heavy atom. The van der Waals surface area contributed by atoms with Crippen molar-refractivity contribution in [2.45, 2.75) is 24.9 Å². The lowest BCUT2D eigenvalue weighted by Crippen LogP contribution is -2.35. The summed E-state index contributed by atoms with van der Waals surface area (Å²) in [6.45, 7) is 3.51. The first-order chi connectivity index (χ1) is 6.93. The van der Waals surface area contributed by atoms with Crippen LogP contribution in [0.4, 0.5) is 0 Å². The lowest BCUT2D eigenvalue weighted by atomic mass is 10.1. The van der Waals surface area contributed by atoms with Gasteiger partial charge in [0.05, 0.1) is 11.7 Å². The van der Waals surface area contributed by atoms with Crippen molar-refractivity contribution in [2.75, 3.05) is 19.6 Å². The lowest BCUT2D eigenvalue weighted by Gasteiger charge is -2.30. The predicted molar refractivity (Wildman–Crippen MR) is 53.9 cm³/mol. The van der Waals surface area contributed by atoms with Crippen molar-refractivity contribution >= 4 is 0 Å². The van der Waals surface area contributed by atoms with Crippen LogP contribution >= 0.6 is 0 Å². The van der Waals surface area contributed by atoms with Crippen molar-refractivity contribution in [3.63, 3.8) is 0 Å². The fourth-order valence-corrected chi connectivity index (χ4v) is 2.58. The number of aromatic amines is 1. The SMILES string of the molecule is c1cc(C2CNC3CCN2CC3)[nH]n1. The summed E-state index contributed by atoms with van der Waals surface area (Å²) in [6, 6.07) is 3.34. The minimum absolute atomic E-state index is 0.505. The standard InChI is InChI=1S/C10H16N4/c1-4-12-13-9(1)10-7-11-8-2-5-14(10)6-3-8/h1,4,8,10-11H,2-3,5-7H2,(H,12,13). The quantitative estimate of drug-likeness (QED) is 0.681. The molecule has 0 spiro atoms. The minimum atomic E-state index is 0.505. The zero-order valence-corrected chi connectivity index (χ0v) is 8.24. The molecule has 3 aliphatic heterocycles. The van der Waals surface area contributed by atoms with E-state index in [0.29, 0.717) is 6.04 Å². The summed E-state index contributed by atoms with van der Waals surface area (Å²) < 4.78 is 0. The summed E-state index contributed by atoms with van der Waals surface area (Å²) in [7, 11) is 0. The molecule has 3 fully saturated rings. The molecule has 2 bridgehead atoms. The van der Waals surface area contributed by atoms with Crippen molar-refractivity contribution in [2.24, 2.45) is 0 Å². The summed E-state index contributed by atoms with van der Waals surface area (Å²) in [5.74, 6) is 0. The highest BCUT2D eigenvalue weighted by molar-refractivity contribution is 5.08.